The normalized spacial score (nSPS) is 13.6. The van der Waals surface area contributed by atoms with Crippen LogP contribution in [0.15, 0.2) is 12.1 Å². The molecule has 1 aromatic rings. The Hall–Kier alpha value is -1.55. The molecule has 4 nitrogen and oxygen atoms in total. The molecule has 1 heterocycles. The van der Waals surface area contributed by atoms with Gasteiger partial charge >= 0.3 is 5.97 Å². The minimum Gasteiger partial charge on any atom is -0.478 e. The second-order valence-electron chi connectivity index (χ2n) is 3.02. The van der Waals surface area contributed by atoms with E-state index in [0.717, 1.165) is 0 Å². The van der Waals surface area contributed by atoms with Crippen LogP contribution >= 0.6 is 11.6 Å². The Labute approximate surface area is 84.5 Å². The zero-order chi connectivity index (χ0) is 10.3. The Balaban J connectivity index is 2.56. The number of halogens is 1. The molecule has 0 saturated heterocycles. The summed E-state index contributed by atoms with van der Waals surface area (Å²) in [6.45, 7) is 0. The zero-order valence-corrected chi connectivity index (χ0v) is 7.76. The van der Waals surface area contributed by atoms with Gasteiger partial charge in [-0.15, -0.1) is 0 Å². The van der Waals surface area contributed by atoms with Gasteiger partial charge in [-0.3, -0.25) is 4.79 Å². The van der Waals surface area contributed by atoms with E-state index < -0.39 is 5.97 Å². The highest BCUT2D eigenvalue weighted by molar-refractivity contribution is 6.34. The van der Waals surface area contributed by atoms with Crippen LogP contribution in [-0.2, 0) is 11.2 Å². The van der Waals surface area contributed by atoms with Gasteiger partial charge in [0.2, 0.25) is 5.91 Å². The van der Waals surface area contributed by atoms with Crippen molar-refractivity contribution in [3.8, 4) is 0 Å². The number of fused-ring (bicyclic) bond motifs is 1. The topological polar surface area (TPSA) is 66.4 Å². The van der Waals surface area contributed by atoms with E-state index in [9.17, 15) is 9.59 Å². The number of hydrogen-bond donors (Lipinski definition) is 2. The number of nitrogens with one attached hydrogen (secondary N) is 1. The van der Waals surface area contributed by atoms with Gasteiger partial charge in [0.15, 0.2) is 0 Å². The molecule has 1 aliphatic rings. The van der Waals surface area contributed by atoms with Crippen molar-refractivity contribution in [1.82, 2.24) is 0 Å². The summed E-state index contributed by atoms with van der Waals surface area (Å²) in [6, 6.07) is 2.79. The number of carboxylic acids is 1. The molecular formula is C9H6ClNO3. The molecule has 0 radical (unpaired) electrons. The third kappa shape index (κ3) is 1.33. The Morgan fingerprint density at radius 2 is 2.21 bits per heavy atom. The van der Waals surface area contributed by atoms with Crippen LogP contribution < -0.4 is 5.32 Å². The predicted octanol–water partition coefficient (Wildman–Crippen LogP) is 1.53. The van der Waals surface area contributed by atoms with E-state index >= 15 is 0 Å². The molecule has 1 aliphatic heterocycles. The molecule has 0 bridgehead atoms. The van der Waals surface area contributed by atoms with E-state index in [2.05, 4.69) is 5.32 Å². The fraction of sp³-hybridized carbons (Fsp3) is 0.111. The second kappa shape index (κ2) is 2.99. The molecule has 0 saturated carbocycles. The maximum absolute atomic E-state index is 11.0. The van der Waals surface area contributed by atoms with E-state index in [4.69, 9.17) is 16.7 Å². The van der Waals surface area contributed by atoms with E-state index in [0.29, 0.717) is 11.3 Å². The lowest BCUT2D eigenvalue weighted by Crippen LogP contribution is -2.03. The van der Waals surface area contributed by atoms with E-state index in [1.807, 2.05) is 0 Å². The lowest BCUT2D eigenvalue weighted by molar-refractivity contribution is -0.115. The van der Waals surface area contributed by atoms with Crippen molar-refractivity contribution in [1.29, 1.82) is 0 Å². The van der Waals surface area contributed by atoms with Gasteiger partial charge in [0.1, 0.15) is 0 Å². The molecule has 5 heteroatoms. The maximum atomic E-state index is 11.0. The monoisotopic (exact) mass is 211 g/mol. The Kier molecular flexibility index (Phi) is 1.93. The summed E-state index contributed by atoms with van der Waals surface area (Å²) >= 11 is 5.81. The van der Waals surface area contributed by atoms with Crippen molar-refractivity contribution in [2.75, 3.05) is 5.32 Å². The fourth-order valence-electron chi connectivity index (χ4n) is 1.42. The number of carbonyl (C=O) groups is 2. The lowest BCUT2D eigenvalue weighted by Gasteiger charge is -2.02. The summed E-state index contributed by atoms with van der Waals surface area (Å²) in [5.74, 6) is -1.21. The van der Waals surface area contributed by atoms with Gasteiger partial charge in [-0.2, -0.15) is 0 Å². The standard InChI is InChI=1S/C9H6ClNO3/c10-6-2-5(9(13)14)1-4-3-7(12)11-8(4)6/h1-2H,3H2,(H,11,12)(H,13,14). The third-order valence-corrected chi connectivity index (χ3v) is 2.33. The molecule has 2 rings (SSSR count). The van der Waals surface area contributed by atoms with Gasteiger partial charge in [0.05, 0.1) is 22.7 Å². The Morgan fingerprint density at radius 1 is 1.50 bits per heavy atom. The summed E-state index contributed by atoms with van der Waals surface area (Å²) in [4.78, 5) is 21.7. The van der Waals surface area contributed by atoms with Crippen LogP contribution in [0, 0.1) is 0 Å². The number of carboxylic acid groups (broad SMARTS) is 1. The predicted molar refractivity (Wildman–Crippen MR) is 50.7 cm³/mol. The number of benzene rings is 1. The molecule has 0 aliphatic carbocycles. The number of anilines is 1. The fourth-order valence-corrected chi connectivity index (χ4v) is 1.71. The zero-order valence-electron chi connectivity index (χ0n) is 7.00. The highest BCUT2D eigenvalue weighted by Gasteiger charge is 2.22. The molecular weight excluding hydrogens is 206 g/mol. The smallest absolute Gasteiger partial charge is 0.335 e. The van der Waals surface area contributed by atoms with Crippen LogP contribution in [0.2, 0.25) is 5.02 Å². The molecule has 0 fully saturated rings. The molecule has 14 heavy (non-hydrogen) atoms. The van der Waals surface area contributed by atoms with Crippen LogP contribution in [0.4, 0.5) is 5.69 Å². The van der Waals surface area contributed by atoms with E-state index in [-0.39, 0.29) is 22.9 Å². The van der Waals surface area contributed by atoms with Crippen molar-refractivity contribution >= 4 is 29.2 Å². The first kappa shape index (κ1) is 9.02. The van der Waals surface area contributed by atoms with Crippen molar-refractivity contribution in [2.45, 2.75) is 6.42 Å². The third-order valence-electron chi connectivity index (χ3n) is 2.03. The number of aromatic carboxylic acids is 1. The highest BCUT2D eigenvalue weighted by atomic mass is 35.5. The first-order chi connectivity index (χ1) is 6.58. The SMILES string of the molecule is O=C1Cc2cc(C(=O)O)cc(Cl)c2N1. The molecule has 1 aromatic carbocycles. The average molecular weight is 212 g/mol. The number of carbonyl (C=O) groups excluding carboxylic acids is 1. The number of rotatable bonds is 1. The Morgan fingerprint density at radius 3 is 2.86 bits per heavy atom. The average Bonchev–Trinajstić information content (AvgIpc) is 2.45. The van der Waals surface area contributed by atoms with Crippen molar-refractivity contribution < 1.29 is 14.7 Å². The van der Waals surface area contributed by atoms with Gasteiger partial charge in [-0.1, -0.05) is 11.6 Å². The van der Waals surface area contributed by atoms with Gasteiger partial charge in [0, 0.05) is 0 Å². The van der Waals surface area contributed by atoms with Crippen molar-refractivity contribution in [3.05, 3.63) is 28.3 Å². The summed E-state index contributed by atoms with van der Waals surface area (Å²) < 4.78 is 0. The lowest BCUT2D eigenvalue weighted by atomic mass is 10.1. The quantitative estimate of drug-likeness (QED) is 0.740. The molecule has 0 aromatic heterocycles. The van der Waals surface area contributed by atoms with Crippen molar-refractivity contribution in [2.24, 2.45) is 0 Å². The van der Waals surface area contributed by atoms with E-state index in [1.165, 1.54) is 12.1 Å². The van der Waals surface area contributed by atoms with Crippen LogP contribution in [0.1, 0.15) is 15.9 Å². The summed E-state index contributed by atoms with van der Waals surface area (Å²) in [7, 11) is 0. The van der Waals surface area contributed by atoms with Gasteiger partial charge in [-0.25, -0.2) is 4.79 Å². The number of amides is 1. The maximum Gasteiger partial charge on any atom is 0.335 e. The number of hydrogen-bond acceptors (Lipinski definition) is 2. The molecule has 1 amide bonds. The molecule has 2 N–H and O–H groups in total. The molecule has 0 spiro atoms. The van der Waals surface area contributed by atoms with Crippen LogP contribution in [-0.4, -0.2) is 17.0 Å². The highest BCUT2D eigenvalue weighted by Crippen LogP contribution is 2.32. The van der Waals surface area contributed by atoms with Crippen molar-refractivity contribution in [3.63, 3.8) is 0 Å². The van der Waals surface area contributed by atoms with Crippen LogP contribution in [0.3, 0.4) is 0 Å². The Bertz CT molecular complexity index is 442. The first-order valence-electron chi connectivity index (χ1n) is 3.93. The first-order valence-corrected chi connectivity index (χ1v) is 4.31. The van der Waals surface area contributed by atoms with Crippen LogP contribution in [0.5, 0.6) is 0 Å². The summed E-state index contributed by atoms with van der Waals surface area (Å²) in [5.41, 5.74) is 1.27. The molecule has 0 atom stereocenters. The van der Waals surface area contributed by atoms with Gasteiger partial charge in [0.25, 0.3) is 0 Å². The minimum absolute atomic E-state index is 0.102. The second-order valence-corrected chi connectivity index (χ2v) is 3.43. The largest absolute Gasteiger partial charge is 0.478 e. The van der Waals surface area contributed by atoms with Gasteiger partial charge in [-0.05, 0) is 17.7 Å². The van der Waals surface area contributed by atoms with Crippen LogP contribution in [0.25, 0.3) is 0 Å². The molecule has 0 unspecified atom stereocenters. The summed E-state index contributed by atoms with van der Waals surface area (Å²) in [5, 5.41) is 11.6. The van der Waals surface area contributed by atoms with Gasteiger partial charge < -0.3 is 10.4 Å². The minimum atomic E-state index is -1.05. The molecule has 72 valence electrons. The summed E-state index contributed by atoms with van der Waals surface area (Å²) in [6.07, 6.45) is 0.191. The van der Waals surface area contributed by atoms with E-state index in [1.54, 1.807) is 0 Å².